The minimum absolute atomic E-state index is 0.0453. The zero-order chi connectivity index (χ0) is 26.9. The molecular weight excluding hydrogens is 513 g/mol. The normalized spacial score (nSPS) is 15.3. The molecule has 2 aliphatic heterocycles. The number of phenolic OH excluding ortho intramolecular Hbond substituents is 1. The quantitative estimate of drug-likeness (QED) is 0.510. The van der Waals surface area contributed by atoms with E-state index in [2.05, 4.69) is 39.7 Å². The Labute approximate surface area is 215 Å². The second-order valence-corrected chi connectivity index (χ2v) is 9.27. The summed E-state index contributed by atoms with van der Waals surface area (Å²) in [7, 11) is 2.13. The van der Waals surface area contributed by atoms with Crippen LogP contribution in [0.5, 0.6) is 5.75 Å². The molecule has 0 spiro atoms. The number of hydrogen-bond acceptors (Lipinski definition) is 5. The van der Waals surface area contributed by atoms with Crippen LogP contribution in [0.25, 0.3) is 11.3 Å². The van der Waals surface area contributed by atoms with E-state index in [1.807, 2.05) is 6.20 Å². The minimum Gasteiger partial charge on any atom is -0.507 e. The maximum absolute atomic E-state index is 13.0. The van der Waals surface area contributed by atoms with Crippen LogP contribution >= 0.6 is 11.6 Å². The van der Waals surface area contributed by atoms with Crippen LogP contribution in [0.1, 0.15) is 27.3 Å². The minimum atomic E-state index is -5.08. The Bertz CT molecular complexity index is 1340. The SMILES string of the molecule is CN1Cc2cccc(-c3cnc4n3CCN(C(=O)c3cc(Cl)ccc3O)CC4)c2C1.O=C(O)C(F)(F)F. The number of halogens is 4. The predicted molar refractivity (Wildman–Crippen MR) is 129 cm³/mol. The highest BCUT2D eigenvalue weighted by molar-refractivity contribution is 6.31. The number of imidazole rings is 1. The second-order valence-electron chi connectivity index (χ2n) is 8.83. The molecule has 0 fully saturated rings. The average molecular weight is 537 g/mol. The van der Waals surface area contributed by atoms with E-state index in [-0.39, 0.29) is 17.2 Å². The first-order valence-corrected chi connectivity index (χ1v) is 11.8. The lowest BCUT2D eigenvalue weighted by Gasteiger charge is -2.21. The van der Waals surface area contributed by atoms with E-state index in [1.165, 1.54) is 28.8 Å². The number of aromatic nitrogens is 2. The number of carboxylic acid groups (broad SMARTS) is 1. The monoisotopic (exact) mass is 536 g/mol. The molecular formula is C25H24ClF3N4O4. The first-order valence-electron chi connectivity index (χ1n) is 11.4. The van der Waals surface area contributed by atoms with Crippen molar-refractivity contribution in [2.24, 2.45) is 0 Å². The van der Waals surface area contributed by atoms with Crippen molar-refractivity contribution in [3.8, 4) is 17.0 Å². The van der Waals surface area contributed by atoms with Gasteiger partial charge in [-0.05, 0) is 36.4 Å². The number of carbonyl (C=O) groups is 2. The highest BCUT2D eigenvalue weighted by Gasteiger charge is 2.38. The number of aliphatic carboxylic acids is 1. The molecule has 8 nitrogen and oxygen atoms in total. The van der Waals surface area contributed by atoms with Gasteiger partial charge in [0.05, 0.1) is 17.5 Å². The molecule has 3 heterocycles. The number of carboxylic acids is 1. The molecule has 0 bridgehead atoms. The van der Waals surface area contributed by atoms with Crippen LogP contribution in [0, 0.1) is 0 Å². The van der Waals surface area contributed by atoms with Gasteiger partial charge in [0, 0.05) is 49.7 Å². The molecule has 0 atom stereocenters. The van der Waals surface area contributed by atoms with Crippen molar-refractivity contribution in [2.75, 3.05) is 20.1 Å². The summed E-state index contributed by atoms with van der Waals surface area (Å²) in [5.41, 5.74) is 5.31. The van der Waals surface area contributed by atoms with Gasteiger partial charge in [0.15, 0.2) is 0 Å². The molecule has 0 radical (unpaired) electrons. The van der Waals surface area contributed by atoms with Crippen molar-refractivity contribution in [1.29, 1.82) is 0 Å². The van der Waals surface area contributed by atoms with Crippen molar-refractivity contribution < 1.29 is 33.0 Å². The summed E-state index contributed by atoms with van der Waals surface area (Å²) < 4.78 is 34.0. The van der Waals surface area contributed by atoms with Gasteiger partial charge in [-0.3, -0.25) is 9.69 Å². The molecule has 1 amide bonds. The van der Waals surface area contributed by atoms with E-state index in [1.54, 1.807) is 11.0 Å². The van der Waals surface area contributed by atoms with E-state index in [0.717, 1.165) is 24.6 Å². The smallest absolute Gasteiger partial charge is 0.490 e. The van der Waals surface area contributed by atoms with Crippen LogP contribution in [0.4, 0.5) is 13.2 Å². The molecule has 1 aromatic heterocycles. The van der Waals surface area contributed by atoms with Crippen molar-refractivity contribution >= 4 is 23.5 Å². The number of alkyl halides is 3. The van der Waals surface area contributed by atoms with E-state index in [9.17, 15) is 23.1 Å². The summed E-state index contributed by atoms with van der Waals surface area (Å²) in [6.07, 6.45) is -2.45. The molecule has 0 aliphatic carbocycles. The fourth-order valence-corrected chi connectivity index (χ4v) is 4.70. The van der Waals surface area contributed by atoms with E-state index >= 15 is 0 Å². The van der Waals surface area contributed by atoms with Crippen LogP contribution in [0.15, 0.2) is 42.6 Å². The van der Waals surface area contributed by atoms with Gasteiger partial charge < -0.3 is 19.7 Å². The Kier molecular flexibility index (Phi) is 7.47. The highest BCUT2D eigenvalue weighted by atomic mass is 35.5. The Morgan fingerprint density at radius 3 is 2.51 bits per heavy atom. The Hall–Kier alpha value is -3.57. The van der Waals surface area contributed by atoms with Gasteiger partial charge in [-0.25, -0.2) is 9.78 Å². The zero-order valence-corrected chi connectivity index (χ0v) is 20.6. The van der Waals surface area contributed by atoms with Gasteiger partial charge >= 0.3 is 12.1 Å². The summed E-state index contributed by atoms with van der Waals surface area (Å²) in [5, 5.41) is 17.7. The van der Waals surface area contributed by atoms with E-state index < -0.39 is 12.1 Å². The fourth-order valence-electron chi connectivity index (χ4n) is 4.52. The highest BCUT2D eigenvalue weighted by Crippen LogP contribution is 2.33. The van der Waals surface area contributed by atoms with Gasteiger partial charge in [-0.2, -0.15) is 13.2 Å². The zero-order valence-electron chi connectivity index (χ0n) is 19.8. The van der Waals surface area contributed by atoms with Gasteiger partial charge in [-0.1, -0.05) is 29.8 Å². The molecule has 12 heteroatoms. The summed E-state index contributed by atoms with van der Waals surface area (Å²) in [6.45, 7) is 3.67. The average Bonchev–Trinajstić information content (AvgIpc) is 3.35. The van der Waals surface area contributed by atoms with Gasteiger partial charge in [0.25, 0.3) is 5.91 Å². The third-order valence-electron chi connectivity index (χ3n) is 6.27. The van der Waals surface area contributed by atoms with Crippen LogP contribution < -0.4 is 0 Å². The first kappa shape index (κ1) is 26.5. The van der Waals surface area contributed by atoms with Crippen molar-refractivity contribution in [1.82, 2.24) is 19.4 Å². The van der Waals surface area contributed by atoms with Crippen LogP contribution in [0.2, 0.25) is 5.02 Å². The number of fused-ring (bicyclic) bond motifs is 2. The number of hydrogen-bond donors (Lipinski definition) is 2. The standard InChI is InChI=1S/C23H23ClN4O2.C2HF3O2/c1-26-13-15-3-2-4-17(19(15)14-26)20-12-25-22-7-8-27(9-10-28(20)22)23(30)18-11-16(24)5-6-21(18)29;3-2(4,5)1(6)7/h2-6,11-12,29H,7-10,13-14H2,1H3;(H,6,7). The second kappa shape index (κ2) is 10.4. The maximum Gasteiger partial charge on any atom is 0.490 e. The number of phenols is 1. The number of amides is 1. The molecule has 0 unspecified atom stereocenters. The molecule has 196 valence electrons. The molecule has 0 saturated heterocycles. The number of aromatic hydroxyl groups is 1. The molecule has 0 saturated carbocycles. The molecule has 2 N–H and O–H groups in total. The molecule has 3 aromatic rings. The summed E-state index contributed by atoms with van der Waals surface area (Å²) >= 11 is 6.03. The van der Waals surface area contributed by atoms with Crippen molar-refractivity contribution in [3.63, 3.8) is 0 Å². The van der Waals surface area contributed by atoms with E-state index in [4.69, 9.17) is 21.5 Å². The third-order valence-corrected chi connectivity index (χ3v) is 6.51. The number of benzene rings is 2. The third kappa shape index (κ3) is 5.72. The first-order chi connectivity index (χ1) is 17.5. The Morgan fingerprint density at radius 2 is 1.81 bits per heavy atom. The fraction of sp³-hybridized carbons (Fsp3) is 0.320. The number of nitrogens with zero attached hydrogens (tertiary/aromatic N) is 4. The lowest BCUT2D eigenvalue weighted by molar-refractivity contribution is -0.192. The lowest BCUT2D eigenvalue weighted by atomic mass is 10.0. The molecule has 2 aliphatic rings. The van der Waals surface area contributed by atoms with Crippen molar-refractivity contribution in [3.05, 3.63) is 70.1 Å². The summed E-state index contributed by atoms with van der Waals surface area (Å²) in [6, 6.07) is 11.0. The Morgan fingerprint density at radius 1 is 1.08 bits per heavy atom. The van der Waals surface area contributed by atoms with Crippen LogP contribution in [-0.4, -0.2) is 67.8 Å². The van der Waals surface area contributed by atoms with Crippen LogP contribution in [-0.2, 0) is 30.8 Å². The number of rotatable bonds is 2. The van der Waals surface area contributed by atoms with Gasteiger partial charge in [0.2, 0.25) is 0 Å². The van der Waals surface area contributed by atoms with Crippen LogP contribution in [0.3, 0.4) is 0 Å². The van der Waals surface area contributed by atoms with Gasteiger partial charge in [0.1, 0.15) is 11.6 Å². The topological polar surface area (TPSA) is 98.9 Å². The molecule has 37 heavy (non-hydrogen) atoms. The summed E-state index contributed by atoms with van der Waals surface area (Å²) in [4.78, 5) is 30.7. The van der Waals surface area contributed by atoms with E-state index in [0.29, 0.717) is 31.1 Å². The molecule has 5 rings (SSSR count). The largest absolute Gasteiger partial charge is 0.507 e. The number of carbonyl (C=O) groups excluding carboxylic acids is 1. The maximum atomic E-state index is 13.0. The predicted octanol–water partition coefficient (Wildman–Crippen LogP) is 4.19. The molecule has 2 aromatic carbocycles. The van der Waals surface area contributed by atoms with Gasteiger partial charge in [-0.15, -0.1) is 0 Å². The van der Waals surface area contributed by atoms with Crippen molar-refractivity contribution in [2.45, 2.75) is 32.2 Å². The lowest BCUT2D eigenvalue weighted by Crippen LogP contribution is -2.33. The summed E-state index contributed by atoms with van der Waals surface area (Å²) in [5.74, 6) is -2.02. The Balaban J connectivity index is 0.000000405.